The maximum atomic E-state index is 13.9. The van der Waals surface area contributed by atoms with Crippen molar-refractivity contribution in [3.63, 3.8) is 0 Å². The van der Waals surface area contributed by atoms with Crippen molar-refractivity contribution in [3.8, 4) is 0 Å². The molecule has 0 bridgehead atoms. The normalized spacial score (nSPS) is 14.0. The molecule has 1 saturated heterocycles. The molecule has 252 valence electrons. The van der Waals surface area contributed by atoms with Crippen molar-refractivity contribution >= 4 is 46.3 Å². The van der Waals surface area contributed by atoms with Crippen molar-refractivity contribution in [2.75, 3.05) is 45.2 Å². The maximum Gasteiger partial charge on any atom is 0.412 e. The molecule has 1 unspecified atom stereocenters. The minimum absolute atomic E-state index is 0.0137. The minimum atomic E-state index is -0.962. The Hall–Kier alpha value is -4.78. The molecule has 2 aromatic carbocycles. The molecule has 13 heteroatoms. The van der Waals surface area contributed by atoms with Gasteiger partial charge in [0.25, 0.3) is 0 Å². The number of nitrogens with zero attached hydrogens (tertiary/aromatic N) is 3. The number of ether oxygens (including phenoxy) is 2. The van der Waals surface area contributed by atoms with Gasteiger partial charge in [0.1, 0.15) is 18.1 Å². The number of ketones is 1. The largest absolute Gasteiger partial charge is 0.469 e. The smallest absolute Gasteiger partial charge is 0.412 e. The van der Waals surface area contributed by atoms with E-state index in [0.717, 1.165) is 53.8 Å². The molecule has 2 heterocycles. The van der Waals surface area contributed by atoms with E-state index in [1.807, 2.05) is 60.7 Å². The standard InChI is InChI=1S/C34H45N7O6/c1-5-6-17-47-33(45)39-31(35)23-9-12-25(13-10-23)37-21-29-38-27-18-24(11-14-28(27)40(29)3)34(2,32(44)41-15-7-8-16-41)22-36-20-26(42)19-30(43)46-4/h9-14,18,36-37H,5-8,15-17,19-22H2,1-4H3,(H2,35,39,45). The SMILES string of the molecule is CCCCOC(=O)NC(=N)c1ccc(NCc2nc3cc(C(C)(CNCC(=O)CC(=O)OC)C(=O)N4CCCC4)ccc3n2C)cc1. The molecular weight excluding hydrogens is 602 g/mol. The molecule has 4 rings (SSSR count). The van der Waals surface area contributed by atoms with E-state index in [-0.39, 0.29) is 37.0 Å². The van der Waals surface area contributed by atoms with Gasteiger partial charge in [0.15, 0.2) is 5.78 Å². The van der Waals surface area contributed by atoms with Crippen LogP contribution in [-0.2, 0) is 42.9 Å². The van der Waals surface area contributed by atoms with Crippen molar-refractivity contribution in [2.24, 2.45) is 7.05 Å². The molecule has 2 amide bonds. The number of rotatable bonds is 15. The lowest BCUT2D eigenvalue weighted by Gasteiger charge is -2.33. The van der Waals surface area contributed by atoms with Gasteiger partial charge in [-0.25, -0.2) is 9.78 Å². The number of hydrogen-bond acceptors (Lipinski definition) is 10. The molecule has 4 N–H and O–H groups in total. The van der Waals surface area contributed by atoms with Crippen molar-refractivity contribution in [3.05, 3.63) is 59.4 Å². The summed E-state index contributed by atoms with van der Waals surface area (Å²) in [6.45, 7) is 6.18. The number of methoxy groups -OCH3 is 1. The van der Waals surface area contributed by atoms with E-state index >= 15 is 0 Å². The van der Waals surface area contributed by atoms with Gasteiger partial charge in [-0.3, -0.25) is 25.1 Å². The third-order valence-corrected chi connectivity index (χ3v) is 8.43. The lowest BCUT2D eigenvalue weighted by Crippen LogP contribution is -2.50. The van der Waals surface area contributed by atoms with Crippen molar-refractivity contribution < 1.29 is 28.7 Å². The molecule has 1 atom stereocenters. The van der Waals surface area contributed by atoms with Crippen LogP contribution in [0.2, 0.25) is 0 Å². The van der Waals surface area contributed by atoms with E-state index in [0.29, 0.717) is 31.8 Å². The zero-order valence-electron chi connectivity index (χ0n) is 27.6. The van der Waals surface area contributed by atoms with Gasteiger partial charge in [-0.1, -0.05) is 19.4 Å². The van der Waals surface area contributed by atoms with Crippen LogP contribution in [0.4, 0.5) is 10.5 Å². The molecule has 0 saturated carbocycles. The number of carbonyl (C=O) groups is 4. The lowest BCUT2D eigenvalue weighted by atomic mass is 9.80. The number of fused-ring (bicyclic) bond motifs is 1. The fourth-order valence-corrected chi connectivity index (χ4v) is 5.52. The first-order valence-corrected chi connectivity index (χ1v) is 16.0. The molecule has 0 radical (unpaired) electrons. The zero-order chi connectivity index (χ0) is 34.0. The van der Waals surface area contributed by atoms with Gasteiger partial charge < -0.3 is 29.6 Å². The van der Waals surface area contributed by atoms with Crippen molar-refractivity contribution in [2.45, 2.75) is 57.9 Å². The second kappa shape index (κ2) is 16.2. The number of aromatic nitrogens is 2. The molecule has 3 aromatic rings. The van der Waals surface area contributed by atoms with Crippen LogP contribution in [0, 0.1) is 5.41 Å². The number of benzene rings is 2. The van der Waals surface area contributed by atoms with Gasteiger partial charge in [-0.2, -0.15) is 0 Å². The molecule has 1 fully saturated rings. The summed E-state index contributed by atoms with van der Waals surface area (Å²) in [6.07, 6.45) is 2.64. The van der Waals surface area contributed by atoms with E-state index in [4.69, 9.17) is 15.1 Å². The number of hydrogen-bond donors (Lipinski definition) is 4. The summed E-state index contributed by atoms with van der Waals surface area (Å²) in [5.74, 6) is -0.172. The van der Waals surface area contributed by atoms with Gasteiger partial charge in [0.2, 0.25) is 5.91 Å². The first-order valence-electron chi connectivity index (χ1n) is 16.0. The second-order valence-electron chi connectivity index (χ2n) is 11.9. The number of Topliss-reactive ketones (excluding diaryl/α,β-unsaturated/α-hetero) is 1. The van der Waals surface area contributed by atoms with E-state index in [1.54, 1.807) is 12.1 Å². The van der Waals surface area contributed by atoms with Gasteiger partial charge in [-0.15, -0.1) is 0 Å². The Morgan fingerprint density at radius 1 is 1.06 bits per heavy atom. The monoisotopic (exact) mass is 647 g/mol. The highest BCUT2D eigenvalue weighted by Gasteiger charge is 2.39. The van der Waals surface area contributed by atoms with Gasteiger partial charge in [-0.05, 0) is 68.1 Å². The number of amides is 2. The van der Waals surface area contributed by atoms with Crippen LogP contribution in [0.5, 0.6) is 0 Å². The quantitative estimate of drug-likeness (QED) is 0.0633. The number of anilines is 1. The molecule has 1 aromatic heterocycles. The van der Waals surface area contributed by atoms with Crippen LogP contribution in [0.1, 0.15) is 62.9 Å². The van der Waals surface area contributed by atoms with Crippen LogP contribution in [0.3, 0.4) is 0 Å². The summed E-state index contributed by atoms with van der Waals surface area (Å²) in [5.41, 5.74) is 2.83. The first kappa shape index (κ1) is 35.1. The summed E-state index contributed by atoms with van der Waals surface area (Å²) in [5, 5.41) is 17.1. The Kier molecular flexibility index (Phi) is 12.1. The predicted molar refractivity (Wildman–Crippen MR) is 178 cm³/mol. The topological polar surface area (TPSA) is 168 Å². The molecule has 1 aliphatic heterocycles. The number of alkyl carbamates (subject to hydrolysis) is 1. The highest BCUT2D eigenvalue weighted by Crippen LogP contribution is 2.30. The number of likely N-dealkylation sites (tertiary alicyclic amines) is 1. The van der Waals surface area contributed by atoms with Crippen LogP contribution < -0.4 is 16.0 Å². The molecule has 0 spiro atoms. The summed E-state index contributed by atoms with van der Waals surface area (Å²) in [6, 6.07) is 13.0. The molecular formula is C34H45N7O6. The highest BCUT2D eigenvalue weighted by atomic mass is 16.5. The summed E-state index contributed by atoms with van der Waals surface area (Å²) < 4.78 is 11.6. The average Bonchev–Trinajstić information content (AvgIpc) is 3.71. The number of amidine groups is 1. The van der Waals surface area contributed by atoms with E-state index in [1.165, 1.54) is 7.11 Å². The van der Waals surface area contributed by atoms with Gasteiger partial charge >= 0.3 is 12.1 Å². The van der Waals surface area contributed by atoms with E-state index in [2.05, 4.69) is 20.7 Å². The zero-order valence-corrected chi connectivity index (χ0v) is 27.6. The maximum absolute atomic E-state index is 13.9. The van der Waals surface area contributed by atoms with Crippen molar-refractivity contribution in [1.82, 2.24) is 25.1 Å². The Bertz CT molecular complexity index is 1600. The summed E-state index contributed by atoms with van der Waals surface area (Å²) in [7, 11) is 3.18. The summed E-state index contributed by atoms with van der Waals surface area (Å²) >= 11 is 0. The Morgan fingerprint density at radius 2 is 1.79 bits per heavy atom. The number of aryl methyl sites for hydroxylation is 1. The summed E-state index contributed by atoms with van der Waals surface area (Å²) in [4.78, 5) is 56.2. The Balaban J connectivity index is 1.45. The van der Waals surface area contributed by atoms with Crippen LogP contribution in [-0.4, -0.2) is 83.9 Å². The van der Waals surface area contributed by atoms with Crippen molar-refractivity contribution in [1.29, 1.82) is 5.41 Å². The Morgan fingerprint density at radius 3 is 2.47 bits per heavy atom. The molecule has 13 nitrogen and oxygen atoms in total. The van der Waals surface area contributed by atoms with Gasteiger partial charge in [0.05, 0.1) is 43.3 Å². The van der Waals surface area contributed by atoms with Gasteiger partial charge in [0, 0.05) is 37.9 Å². The number of nitrogens with one attached hydrogen (secondary N) is 4. The Labute approximate surface area is 274 Å². The number of imidazole rings is 1. The fourth-order valence-electron chi connectivity index (χ4n) is 5.52. The average molecular weight is 648 g/mol. The fraction of sp³-hybridized carbons (Fsp3) is 0.471. The third kappa shape index (κ3) is 8.94. The first-order chi connectivity index (χ1) is 22.5. The number of esters is 1. The predicted octanol–water partition coefficient (Wildman–Crippen LogP) is 3.64. The van der Waals surface area contributed by atoms with E-state index < -0.39 is 17.5 Å². The lowest BCUT2D eigenvalue weighted by molar-refractivity contribution is -0.143. The van der Waals surface area contributed by atoms with Crippen LogP contribution in [0.15, 0.2) is 42.5 Å². The highest BCUT2D eigenvalue weighted by molar-refractivity contribution is 6.04. The second-order valence-corrected chi connectivity index (χ2v) is 11.9. The molecule has 0 aliphatic carbocycles. The minimum Gasteiger partial charge on any atom is -0.469 e. The molecule has 1 aliphatic rings. The number of carbonyl (C=O) groups excluding carboxylic acids is 4. The number of unbranched alkanes of at least 4 members (excludes halogenated alkanes) is 1. The van der Waals surface area contributed by atoms with Crippen LogP contribution in [0.25, 0.3) is 11.0 Å². The van der Waals surface area contributed by atoms with Crippen LogP contribution >= 0.6 is 0 Å². The van der Waals surface area contributed by atoms with E-state index in [9.17, 15) is 19.2 Å². The molecule has 47 heavy (non-hydrogen) atoms. The third-order valence-electron chi connectivity index (χ3n) is 8.43.